The number of hydrogen-bond donors (Lipinski definition) is 1. The molecular weight excluding hydrogens is 227 g/mol. The van der Waals surface area contributed by atoms with Crippen molar-refractivity contribution in [1.82, 2.24) is 4.98 Å². The maximum absolute atomic E-state index is 13.0. The van der Waals surface area contributed by atoms with E-state index in [0.717, 1.165) is 11.8 Å². The molecule has 100 valence electrons. The van der Waals surface area contributed by atoms with Gasteiger partial charge in [0.05, 0.1) is 0 Å². The molecule has 0 aromatic carbocycles. The number of pyridine rings is 1. The van der Waals surface area contributed by atoms with E-state index in [1.54, 1.807) is 6.07 Å². The van der Waals surface area contributed by atoms with E-state index in [-0.39, 0.29) is 0 Å². The number of halogens is 1. The highest BCUT2D eigenvalue weighted by Gasteiger charge is 2.22. The van der Waals surface area contributed by atoms with Crippen molar-refractivity contribution in [2.45, 2.75) is 52.0 Å². The van der Waals surface area contributed by atoms with Gasteiger partial charge in [0.15, 0.2) is 0 Å². The van der Waals surface area contributed by atoms with E-state index in [4.69, 9.17) is 0 Å². The van der Waals surface area contributed by atoms with Gasteiger partial charge in [0, 0.05) is 6.04 Å². The summed E-state index contributed by atoms with van der Waals surface area (Å²) in [5.41, 5.74) is 0. The zero-order valence-corrected chi connectivity index (χ0v) is 11.3. The number of nitrogens with zero attached hydrogens (tertiary/aromatic N) is 1. The van der Waals surface area contributed by atoms with Gasteiger partial charge in [0.1, 0.15) is 5.82 Å². The van der Waals surface area contributed by atoms with Crippen LogP contribution in [-0.4, -0.2) is 11.0 Å². The second kappa shape index (κ2) is 6.17. The molecule has 0 aliphatic heterocycles. The molecule has 1 heterocycles. The first-order valence-electron chi connectivity index (χ1n) is 7.02. The number of hydrogen-bond acceptors (Lipinski definition) is 2. The highest BCUT2D eigenvalue weighted by atomic mass is 19.1. The molecule has 2 nitrogen and oxygen atoms in total. The van der Waals surface area contributed by atoms with Gasteiger partial charge in [0.25, 0.3) is 0 Å². The maximum Gasteiger partial charge on any atom is 0.214 e. The van der Waals surface area contributed by atoms with Crippen LogP contribution < -0.4 is 5.32 Å². The van der Waals surface area contributed by atoms with Crippen molar-refractivity contribution in [2.24, 2.45) is 11.8 Å². The quantitative estimate of drug-likeness (QED) is 0.809. The van der Waals surface area contributed by atoms with Gasteiger partial charge in [-0.3, -0.25) is 0 Å². The summed E-state index contributed by atoms with van der Waals surface area (Å²) in [7, 11) is 0. The van der Waals surface area contributed by atoms with Gasteiger partial charge >= 0.3 is 0 Å². The Labute approximate surface area is 109 Å². The minimum absolute atomic E-state index is 0.408. The van der Waals surface area contributed by atoms with Crippen molar-refractivity contribution in [1.29, 1.82) is 0 Å². The second-order valence-corrected chi connectivity index (χ2v) is 5.85. The third-order valence-electron chi connectivity index (χ3n) is 3.65. The van der Waals surface area contributed by atoms with Crippen LogP contribution in [0.1, 0.15) is 46.0 Å². The van der Waals surface area contributed by atoms with E-state index in [9.17, 15) is 4.39 Å². The topological polar surface area (TPSA) is 24.9 Å². The van der Waals surface area contributed by atoms with Gasteiger partial charge < -0.3 is 5.32 Å². The fourth-order valence-corrected chi connectivity index (χ4v) is 3.00. The van der Waals surface area contributed by atoms with Gasteiger partial charge in [-0.25, -0.2) is 4.98 Å². The van der Waals surface area contributed by atoms with Crippen LogP contribution in [0.2, 0.25) is 0 Å². The van der Waals surface area contributed by atoms with Gasteiger partial charge in [-0.15, -0.1) is 0 Å². The van der Waals surface area contributed by atoms with Gasteiger partial charge in [-0.2, -0.15) is 4.39 Å². The largest absolute Gasteiger partial charge is 0.367 e. The first-order chi connectivity index (χ1) is 8.63. The van der Waals surface area contributed by atoms with E-state index in [1.165, 1.54) is 38.2 Å². The Bertz CT molecular complexity index is 379. The van der Waals surface area contributed by atoms with Crippen LogP contribution in [0.15, 0.2) is 18.2 Å². The van der Waals surface area contributed by atoms with Gasteiger partial charge in [0.2, 0.25) is 5.95 Å². The minimum atomic E-state index is -0.408. The Balaban J connectivity index is 1.89. The van der Waals surface area contributed by atoms with E-state index < -0.39 is 5.95 Å². The van der Waals surface area contributed by atoms with E-state index >= 15 is 0 Å². The summed E-state index contributed by atoms with van der Waals surface area (Å²) in [6, 6.07) is 5.39. The van der Waals surface area contributed by atoms with Crippen LogP contribution in [0, 0.1) is 17.8 Å². The second-order valence-electron chi connectivity index (χ2n) is 5.85. The predicted octanol–water partition coefficient (Wildman–Crippen LogP) is 4.24. The lowest BCUT2D eigenvalue weighted by atomic mass is 9.81. The third kappa shape index (κ3) is 3.97. The summed E-state index contributed by atoms with van der Waals surface area (Å²) < 4.78 is 13.0. The molecule has 1 aliphatic carbocycles. The van der Waals surface area contributed by atoms with Crippen molar-refractivity contribution < 1.29 is 4.39 Å². The van der Waals surface area contributed by atoms with E-state index in [0.29, 0.717) is 11.9 Å². The summed E-state index contributed by atoms with van der Waals surface area (Å²) in [5.74, 6) is 1.84. The first kappa shape index (κ1) is 13.3. The average Bonchev–Trinajstić information content (AvgIpc) is 2.28. The summed E-state index contributed by atoms with van der Waals surface area (Å²) in [5, 5.41) is 3.37. The fraction of sp³-hybridized carbons (Fsp3) is 0.667. The molecule has 1 aromatic heterocycles. The van der Waals surface area contributed by atoms with Gasteiger partial charge in [-0.05, 0) is 43.2 Å². The molecule has 2 unspecified atom stereocenters. The van der Waals surface area contributed by atoms with Crippen LogP contribution in [-0.2, 0) is 0 Å². The van der Waals surface area contributed by atoms with Crippen molar-refractivity contribution in [3.63, 3.8) is 0 Å². The molecule has 0 bridgehead atoms. The van der Waals surface area contributed by atoms with Crippen LogP contribution >= 0.6 is 0 Å². The standard InChI is InChI=1S/C15H23FN2/c1-11(2)9-12-5-3-6-13(10-12)17-15-8-4-7-14(16)18-15/h4,7-8,11-13H,3,5-6,9-10H2,1-2H3,(H,17,18). The Hall–Kier alpha value is -1.12. The molecule has 0 amide bonds. The lowest BCUT2D eigenvalue weighted by Gasteiger charge is -2.31. The Kier molecular flexibility index (Phi) is 4.56. The Morgan fingerprint density at radius 2 is 2.22 bits per heavy atom. The molecule has 2 atom stereocenters. The lowest BCUT2D eigenvalue weighted by Crippen LogP contribution is -2.28. The van der Waals surface area contributed by atoms with Gasteiger partial charge in [-0.1, -0.05) is 32.8 Å². The molecule has 0 radical (unpaired) electrons. The number of anilines is 1. The SMILES string of the molecule is CC(C)CC1CCCC(Nc2cccc(F)n2)C1. The van der Waals surface area contributed by atoms with Crippen molar-refractivity contribution >= 4 is 5.82 Å². The first-order valence-corrected chi connectivity index (χ1v) is 7.02. The molecule has 1 fully saturated rings. The highest BCUT2D eigenvalue weighted by molar-refractivity contribution is 5.34. The Morgan fingerprint density at radius 1 is 1.39 bits per heavy atom. The number of nitrogens with one attached hydrogen (secondary N) is 1. The van der Waals surface area contributed by atoms with E-state index in [1.807, 2.05) is 6.07 Å². The molecule has 2 rings (SSSR count). The highest BCUT2D eigenvalue weighted by Crippen LogP contribution is 2.30. The predicted molar refractivity (Wildman–Crippen MR) is 73.0 cm³/mol. The van der Waals surface area contributed by atoms with Crippen molar-refractivity contribution in [2.75, 3.05) is 5.32 Å². The van der Waals surface area contributed by atoms with Crippen molar-refractivity contribution in [3.05, 3.63) is 24.1 Å². The Morgan fingerprint density at radius 3 is 2.94 bits per heavy atom. The summed E-state index contributed by atoms with van der Waals surface area (Å²) in [6.45, 7) is 4.57. The molecule has 0 spiro atoms. The monoisotopic (exact) mass is 250 g/mol. The molecular formula is C15H23FN2. The number of rotatable bonds is 4. The molecule has 18 heavy (non-hydrogen) atoms. The maximum atomic E-state index is 13.0. The molecule has 1 aliphatic rings. The average molecular weight is 250 g/mol. The summed E-state index contributed by atoms with van der Waals surface area (Å²) in [4.78, 5) is 3.88. The molecule has 3 heteroatoms. The normalized spacial score (nSPS) is 24.2. The third-order valence-corrected chi connectivity index (χ3v) is 3.65. The minimum Gasteiger partial charge on any atom is -0.367 e. The fourth-order valence-electron chi connectivity index (χ4n) is 3.00. The summed E-state index contributed by atoms with van der Waals surface area (Å²) in [6.07, 6.45) is 6.27. The van der Waals surface area contributed by atoms with Crippen LogP contribution in [0.25, 0.3) is 0 Å². The lowest BCUT2D eigenvalue weighted by molar-refractivity contribution is 0.288. The van der Waals surface area contributed by atoms with Crippen LogP contribution in [0.5, 0.6) is 0 Å². The van der Waals surface area contributed by atoms with E-state index in [2.05, 4.69) is 24.1 Å². The van der Waals surface area contributed by atoms with Crippen LogP contribution in [0.4, 0.5) is 10.2 Å². The smallest absolute Gasteiger partial charge is 0.214 e. The molecule has 0 saturated heterocycles. The molecule has 1 saturated carbocycles. The van der Waals surface area contributed by atoms with Crippen molar-refractivity contribution in [3.8, 4) is 0 Å². The van der Waals surface area contributed by atoms with Crippen LogP contribution in [0.3, 0.4) is 0 Å². The zero-order chi connectivity index (χ0) is 13.0. The number of aromatic nitrogens is 1. The zero-order valence-electron chi connectivity index (χ0n) is 11.3. The molecule has 1 aromatic rings. The summed E-state index contributed by atoms with van der Waals surface area (Å²) >= 11 is 0. The molecule has 1 N–H and O–H groups in total.